The molecule has 0 atom stereocenters. The average Bonchev–Trinajstić information content (AvgIpc) is 2.89. The predicted molar refractivity (Wildman–Crippen MR) is 77.3 cm³/mol. The molecule has 0 bridgehead atoms. The molecule has 4 nitrogen and oxygen atoms in total. The Bertz CT molecular complexity index is 676. The number of carbonyl (C=O) groups is 1. The Kier molecular flexibility index (Phi) is 3.01. The van der Waals surface area contributed by atoms with Crippen molar-refractivity contribution >= 4 is 17.3 Å². The summed E-state index contributed by atoms with van der Waals surface area (Å²) in [7, 11) is 0. The zero-order valence-corrected chi connectivity index (χ0v) is 12.2. The molecule has 0 amide bonds. The van der Waals surface area contributed by atoms with Gasteiger partial charge < -0.3 is 9.84 Å². The number of para-hydroxylation sites is 1. The van der Waals surface area contributed by atoms with Crippen LogP contribution in [0.25, 0.3) is 10.6 Å². The highest BCUT2D eigenvalue weighted by atomic mass is 32.1. The molecule has 3 rings (SSSR count). The van der Waals surface area contributed by atoms with E-state index >= 15 is 0 Å². The summed E-state index contributed by atoms with van der Waals surface area (Å²) in [4.78, 5) is 15.1. The summed E-state index contributed by atoms with van der Waals surface area (Å²) in [5.74, 6) is 0.0197. The van der Waals surface area contributed by atoms with Gasteiger partial charge in [-0.05, 0) is 25.5 Å². The third kappa shape index (κ3) is 2.41. The van der Waals surface area contributed by atoms with Gasteiger partial charge in [0.1, 0.15) is 16.4 Å². The van der Waals surface area contributed by atoms with Gasteiger partial charge in [0.05, 0.1) is 17.7 Å². The van der Waals surface area contributed by atoms with E-state index in [4.69, 9.17) is 9.84 Å². The highest BCUT2D eigenvalue weighted by Crippen LogP contribution is 2.42. The van der Waals surface area contributed by atoms with Gasteiger partial charge in [-0.3, -0.25) is 4.79 Å². The van der Waals surface area contributed by atoms with Gasteiger partial charge in [-0.25, -0.2) is 4.98 Å². The lowest BCUT2D eigenvalue weighted by atomic mass is 10.0. The number of thiazole rings is 1. The van der Waals surface area contributed by atoms with E-state index in [0.717, 1.165) is 22.7 Å². The number of carboxylic acids is 1. The van der Waals surface area contributed by atoms with E-state index in [1.807, 2.05) is 12.1 Å². The van der Waals surface area contributed by atoms with Crippen molar-refractivity contribution in [3.63, 3.8) is 0 Å². The quantitative estimate of drug-likeness (QED) is 0.943. The minimum Gasteiger partial charge on any atom is -0.486 e. The second-order valence-corrected chi connectivity index (χ2v) is 6.40. The molecule has 0 radical (unpaired) electrons. The molecule has 1 aromatic carbocycles. The number of nitrogens with zero attached hydrogens (tertiary/aromatic N) is 1. The molecular weight excluding hydrogens is 274 g/mol. The Morgan fingerprint density at radius 3 is 3.05 bits per heavy atom. The zero-order chi connectivity index (χ0) is 14.3. The monoisotopic (exact) mass is 289 g/mol. The predicted octanol–water partition coefficient (Wildman–Crippen LogP) is 3.15. The first kappa shape index (κ1) is 13.1. The van der Waals surface area contributed by atoms with Crippen molar-refractivity contribution in [3.8, 4) is 16.3 Å². The minimum absolute atomic E-state index is 0.0438. The van der Waals surface area contributed by atoms with Crippen molar-refractivity contribution in [1.82, 2.24) is 4.98 Å². The fraction of sp³-hybridized carbons (Fsp3) is 0.333. The highest BCUT2D eigenvalue weighted by Gasteiger charge is 2.32. The average molecular weight is 289 g/mol. The van der Waals surface area contributed by atoms with Gasteiger partial charge in [0, 0.05) is 11.8 Å². The third-order valence-electron chi connectivity index (χ3n) is 3.21. The van der Waals surface area contributed by atoms with Crippen LogP contribution in [0.4, 0.5) is 0 Å². The van der Waals surface area contributed by atoms with Crippen LogP contribution in [0.3, 0.4) is 0 Å². The highest BCUT2D eigenvalue weighted by molar-refractivity contribution is 7.13. The van der Waals surface area contributed by atoms with Crippen molar-refractivity contribution in [3.05, 3.63) is 34.8 Å². The Morgan fingerprint density at radius 1 is 1.50 bits per heavy atom. The molecule has 2 aromatic rings. The summed E-state index contributed by atoms with van der Waals surface area (Å²) in [5.41, 5.74) is 2.53. The Hall–Kier alpha value is -1.88. The summed E-state index contributed by atoms with van der Waals surface area (Å²) in [6.45, 7) is 4.13. The molecular formula is C15H15NO3S. The summed E-state index contributed by atoms with van der Waals surface area (Å²) < 4.78 is 6.02. The van der Waals surface area contributed by atoms with Crippen molar-refractivity contribution in [1.29, 1.82) is 0 Å². The molecule has 1 aliphatic heterocycles. The van der Waals surface area contributed by atoms with E-state index in [1.165, 1.54) is 16.9 Å². The topological polar surface area (TPSA) is 59.4 Å². The van der Waals surface area contributed by atoms with Crippen molar-refractivity contribution in [2.24, 2.45) is 0 Å². The first-order valence-electron chi connectivity index (χ1n) is 6.42. The van der Waals surface area contributed by atoms with E-state index in [0.29, 0.717) is 5.69 Å². The molecule has 20 heavy (non-hydrogen) atoms. The van der Waals surface area contributed by atoms with Crippen molar-refractivity contribution in [2.75, 3.05) is 0 Å². The minimum atomic E-state index is -0.863. The van der Waals surface area contributed by atoms with Gasteiger partial charge in [0.15, 0.2) is 0 Å². The number of hydrogen-bond donors (Lipinski definition) is 1. The van der Waals surface area contributed by atoms with E-state index in [1.54, 1.807) is 5.38 Å². The maximum absolute atomic E-state index is 10.7. The Balaban J connectivity index is 1.98. The molecule has 0 fully saturated rings. The molecule has 0 aliphatic carbocycles. The van der Waals surface area contributed by atoms with Gasteiger partial charge in [0.25, 0.3) is 0 Å². The number of ether oxygens (including phenoxy) is 1. The molecule has 5 heteroatoms. The van der Waals surface area contributed by atoms with Crippen molar-refractivity contribution < 1.29 is 14.6 Å². The molecule has 1 aliphatic rings. The molecule has 0 saturated heterocycles. The Morgan fingerprint density at radius 2 is 2.30 bits per heavy atom. The normalized spacial score (nSPS) is 15.7. The fourth-order valence-corrected chi connectivity index (χ4v) is 3.29. The van der Waals surface area contributed by atoms with Crippen LogP contribution < -0.4 is 4.74 Å². The van der Waals surface area contributed by atoms with Gasteiger partial charge in [0.2, 0.25) is 0 Å². The zero-order valence-electron chi connectivity index (χ0n) is 11.3. The van der Waals surface area contributed by atoms with Gasteiger partial charge in [-0.1, -0.05) is 12.1 Å². The lowest BCUT2D eigenvalue weighted by Crippen LogP contribution is -2.24. The van der Waals surface area contributed by atoms with E-state index in [9.17, 15) is 4.79 Å². The third-order valence-corrected chi connectivity index (χ3v) is 4.13. The molecule has 0 saturated carbocycles. The summed E-state index contributed by atoms with van der Waals surface area (Å²) in [5, 5.41) is 11.4. The number of carboxylic acid groups (broad SMARTS) is 1. The molecule has 0 spiro atoms. The maximum atomic E-state index is 10.7. The lowest BCUT2D eigenvalue weighted by molar-refractivity contribution is -0.136. The maximum Gasteiger partial charge on any atom is 0.309 e. The largest absolute Gasteiger partial charge is 0.486 e. The number of fused-ring (bicyclic) bond motifs is 1. The number of aliphatic carboxylic acids is 1. The number of rotatable bonds is 3. The van der Waals surface area contributed by atoms with E-state index in [2.05, 4.69) is 24.9 Å². The van der Waals surface area contributed by atoms with Crippen LogP contribution >= 0.6 is 11.3 Å². The van der Waals surface area contributed by atoms with Crippen LogP contribution in [0, 0.1) is 0 Å². The van der Waals surface area contributed by atoms with Crippen LogP contribution in [0.5, 0.6) is 5.75 Å². The Labute approximate surface area is 121 Å². The number of benzene rings is 1. The van der Waals surface area contributed by atoms with E-state index in [-0.39, 0.29) is 12.0 Å². The lowest BCUT2D eigenvalue weighted by Gasteiger charge is -2.17. The SMILES string of the molecule is CC1(C)Cc2cccc(-c3nc(CC(=O)O)cs3)c2O1. The van der Waals surface area contributed by atoms with Crippen LogP contribution in [-0.4, -0.2) is 21.7 Å². The van der Waals surface area contributed by atoms with Gasteiger partial charge in [-0.2, -0.15) is 0 Å². The summed E-state index contributed by atoms with van der Waals surface area (Å²) >= 11 is 1.46. The second kappa shape index (κ2) is 4.59. The summed E-state index contributed by atoms with van der Waals surface area (Å²) in [6, 6.07) is 6.04. The summed E-state index contributed by atoms with van der Waals surface area (Å²) in [6.07, 6.45) is 0.835. The van der Waals surface area contributed by atoms with Crippen molar-refractivity contribution in [2.45, 2.75) is 32.3 Å². The van der Waals surface area contributed by atoms with Crippen LogP contribution in [0.15, 0.2) is 23.6 Å². The van der Waals surface area contributed by atoms with E-state index < -0.39 is 5.97 Å². The standard InChI is InChI=1S/C15H15NO3S/c1-15(2)7-9-4-3-5-11(13(9)19-15)14-16-10(8-20-14)6-12(17)18/h3-5,8H,6-7H2,1-2H3,(H,17,18). The van der Waals surface area contributed by atoms with Crippen LogP contribution in [-0.2, 0) is 17.6 Å². The fourth-order valence-electron chi connectivity index (χ4n) is 2.45. The number of hydrogen-bond acceptors (Lipinski definition) is 4. The number of aromatic nitrogens is 1. The first-order chi connectivity index (χ1) is 9.44. The molecule has 1 aromatic heterocycles. The van der Waals surface area contributed by atoms with Gasteiger partial charge >= 0.3 is 5.97 Å². The van der Waals surface area contributed by atoms with Gasteiger partial charge in [-0.15, -0.1) is 11.3 Å². The van der Waals surface area contributed by atoms with Crippen LogP contribution in [0.1, 0.15) is 25.1 Å². The molecule has 0 unspecified atom stereocenters. The molecule has 2 heterocycles. The first-order valence-corrected chi connectivity index (χ1v) is 7.30. The second-order valence-electron chi connectivity index (χ2n) is 5.55. The molecule has 104 valence electrons. The smallest absolute Gasteiger partial charge is 0.309 e. The molecule has 1 N–H and O–H groups in total. The van der Waals surface area contributed by atoms with Crippen LogP contribution in [0.2, 0.25) is 0 Å².